The number of ether oxygens (including phenoxy) is 1. The van der Waals surface area contributed by atoms with E-state index in [1.807, 2.05) is 26.0 Å². The standard InChI is InChI=1S/C24H32N2O4S/c1-19-12-14-22(15-13-19)31(28,29)26(23-11-6-3-8-20(23)2)18-24(27)25-16-7-17-30-21-9-4-5-10-21/h3,6,8,11-15,21H,4-5,7,9-10,16-18H2,1-2H3,(H,25,27). The molecule has 168 valence electrons. The van der Waals surface area contributed by atoms with Crippen molar-refractivity contribution in [2.45, 2.75) is 57.0 Å². The van der Waals surface area contributed by atoms with E-state index < -0.39 is 10.0 Å². The van der Waals surface area contributed by atoms with Crippen LogP contribution in [-0.4, -0.2) is 40.1 Å². The second kappa shape index (κ2) is 10.8. The summed E-state index contributed by atoms with van der Waals surface area (Å²) in [4.78, 5) is 12.8. The summed E-state index contributed by atoms with van der Waals surface area (Å²) in [6.45, 7) is 4.53. The fourth-order valence-electron chi connectivity index (χ4n) is 3.77. The second-order valence-electron chi connectivity index (χ2n) is 8.09. The molecule has 1 saturated carbocycles. The van der Waals surface area contributed by atoms with E-state index in [0.29, 0.717) is 31.4 Å². The summed E-state index contributed by atoms with van der Waals surface area (Å²) in [5.74, 6) is -0.334. The molecule has 0 atom stereocenters. The van der Waals surface area contributed by atoms with Crippen molar-refractivity contribution in [1.82, 2.24) is 5.32 Å². The quantitative estimate of drug-likeness (QED) is 0.563. The second-order valence-corrected chi connectivity index (χ2v) is 9.95. The van der Waals surface area contributed by atoms with E-state index >= 15 is 0 Å². The molecule has 1 fully saturated rings. The Balaban J connectivity index is 1.66. The zero-order chi connectivity index (χ0) is 22.3. The average Bonchev–Trinajstić information content (AvgIpc) is 3.26. The molecule has 3 rings (SSSR count). The van der Waals surface area contributed by atoms with Crippen molar-refractivity contribution < 1.29 is 17.9 Å². The van der Waals surface area contributed by atoms with E-state index in [1.165, 1.54) is 17.1 Å². The van der Waals surface area contributed by atoms with E-state index in [-0.39, 0.29) is 17.3 Å². The normalized spacial score (nSPS) is 14.5. The van der Waals surface area contributed by atoms with E-state index in [9.17, 15) is 13.2 Å². The number of amides is 1. The Morgan fingerprint density at radius 3 is 2.42 bits per heavy atom. The lowest BCUT2D eigenvalue weighted by molar-refractivity contribution is -0.119. The lowest BCUT2D eigenvalue weighted by Crippen LogP contribution is -2.41. The summed E-state index contributed by atoms with van der Waals surface area (Å²) < 4.78 is 33.8. The van der Waals surface area contributed by atoms with Crippen LogP contribution in [0.15, 0.2) is 53.4 Å². The van der Waals surface area contributed by atoms with Crippen molar-refractivity contribution in [3.8, 4) is 0 Å². The third-order valence-corrected chi connectivity index (χ3v) is 7.35. The smallest absolute Gasteiger partial charge is 0.264 e. The van der Waals surface area contributed by atoms with Gasteiger partial charge in [-0.3, -0.25) is 9.10 Å². The number of aryl methyl sites for hydroxylation is 2. The van der Waals surface area contributed by atoms with Crippen LogP contribution in [0.25, 0.3) is 0 Å². The highest BCUT2D eigenvalue weighted by atomic mass is 32.2. The maximum absolute atomic E-state index is 13.4. The molecule has 2 aromatic carbocycles. The van der Waals surface area contributed by atoms with Crippen LogP contribution in [0.5, 0.6) is 0 Å². The molecular formula is C24H32N2O4S. The number of anilines is 1. The Labute approximate surface area is 185 Å². The molecule has 0 unspecified atom stereocenters. The molecule has 2 aromatic rings. The lowest BCUT2D eigenvalue weighted by Gasteiger charge is -2.25. The number of carbonyl (C=O) groups is 1. The summed E-state index contributed by atoms with van der Waals surface area (Å²) >= 11 is 0. The summed E-state index contributed by atoms with van der Waals surface area (Å²) in [5, 5.41) is 2.84. The molecule has 0 aliphatic heterocycles. The number of nitrogens with zero attached hydrogens (tertiary/aromatic N) is 1. The molecule has 0 bridgehead atoms. The van der Waals surface area contributed by atoms with E-state index in [0.717, 1.165) is 24.0 Å². The monoisotopic (exact) mass is 444 g/mol. The first-order chi connectivity index (χ1) is 14.9. The predicted molar refractivity (Wildman–Crippen MR) is 123 cm³/mol. The fraction of sp³-hybridized carbons (Fsp3) is 0.458. The van der Waals surface area contributed by atoms with Crippen LogP contribution in [-0.2, 0) is 19.6 Å². The number of nitrogens with one attached hydrogen (secondary N) is 1. The van der Waals surface area contributed by atoms with Crippen LogP contribution in [0.4, 0.5) is 5.69 Å². The lowest BCUT2D eigenvalue weighted by atomic mass is 10.2. The van der Waals surface area contributed by atoms with Gasteiger partial charge in [-0.05, 0) is 56.9 Å². The maximum atomic E-state index is 13.4. The van der Waals surface area contributed by atoms with Gasteiger partial charge in [0.25, 0.3) is 10.0 Å². The molecule has 7 heteroatoms. The first-order valence-electron chi connectivity index (χ1n) is 10.9. The molecule has 0 aromatic heterocycles. The molecule has 1 aliphatic rings. The van der Waals surface area contributed by atoms with Crippen molar-refractivity contribution >= 4 is 21.6 Å². The number of para-hydroxylation sites is 1. The van der Waals surface area contributed by atoms with Crippen molar-refractivity contribution in [3.05, 3.63) is 59.7 Å². The highest BCUT2D eigenvalue weighted by molar-refractivity contribution is 7.92. The molecule has 1 aliphatic carbocycles. The molecule has 0 spiro atoms. The van der Waals surface area contributed by atoms with Gasteiger partial charge in [0, 0.05) is 13.2 Å². The Kier molecular flexibility index (Phi) is 8.09. The minimum absolute atomic E-state index is 0.166. The number of benzene rings is 2. The molecular weight excluding hydrogens is 412 g/mol. The SMILES string of the molecule is Cc1ccc(S(=O)(=O)N(CC(=O)NCCCOC2CCCC2)c2ccccc2C)cc1. The first-order valence-corrected chi connectivity index (χ1v) is 12.4. The molecule has 0 heterocycles. The Hall–Kier alpha value is -2.38. The summed E-state index contributed by atoms with van der Waals surface area (Å²) in [6.07, 6.45) is 5.75. The van der Waals surface area contributed by atoms with Crippen molar-refractivity contribution in [2.75, 3.05) is 24.0 Å². The molecule has 6 nitrogen and oxygen atoms in total. The van der Waals surface area contributed by atoms with Crippen LogP contribution in [0, 0.1) is 13.8 Å². The van der Waals surface area contributed by atoms with Gasteiger partial charge >= 0.3 is 0 Å². The van der Waals surface area contributed by atoms with Gasteiger partial charge in [-0.1, -0.05) is 48.7 Å². The van der Waals surface area contributed by atoms with E-state index in [2.05, 4.69) is 5.32 Å². The van der Waals surface area contributed by atoms with Gasteiger partial charge in [0.2, 0.25) is 5.91 Å². The number of hydrogen-bond donors (Lipinski definition) is 1. The fourth-order valence-corrected chi connectivity index (χ4v) is 5.26. The summed E-state index contributed by atoms with van der Waals surface area (Å²) in [6, 6.07) is 13.9. The first kappa shape index (κ1) is 23.3. The molecule has 1 N–H and O–H groups in total. The van der Waals surface area contributed by atoms with Crippen LogP contribution in [0.3, 0.4) is 0 Å². The molecule has 1 amide bonds. The van der Waals surface area contributed by atoms with Crippen molar-refractivity contribution in [1.29, 1.82) is 0 Å². The number of sulfonamides is 1. The van der Waals surface area contributed by atoms with Crippen LogP contribution in [0.1, 0.15) is 43.2 Å². The highest BCUT2D eigenvalue weighted by Crippen LogP contribution is 2.26. The number of hydrogen-bond acceptors (Lipinski definition) is 4. The molecule has 0 radical (unpaired) electrons. The maximum Gasteiger partial charge on any atom is 0.264 e. The van der Waals surface area contributed by atoms with Crippen molar-refractivity contribution in [3.63, 3.8) is 0 Å². The van der Waals surface area contributed by atoms with Gasteiger partial charge in [-0.15, -0.1) is 0 Å². The topological polar surface area (TPSA) is 75.7 Å². The minimum Gasteiger partial charge on any atom is -0.378 e. The van der Waals surface area contributed by atoms with Gasteiger partial charge in [-0.25, -0.2) is 8.42 Å². The average molecular weight is 445 g/mol. The van der Waals surface area contributed by atoms with Gasteiger partial charge < -0.3 is 10.1 Å². The highest BCUT2D eigenvalue weighted by Gasteiger charge is 2.28. The number of carbonyl (C=O) groups excluding carboxylic acids is 1. The summed E-state index contributed by atoms with van der Waals surface area (Å²) in [7, 11) is -3.89. The van der Waals surface area contributed by atoms with E-state index in [1.54, 1.807) is 36.4 Å². The predicted octanol–water partition coefficient (Wildman–Crippen LogP) is 3.96. The van der Waals surface area contributed by atoms with Gasteiger partial charge in [-0.2, -0.15) is 0 Å². The van der Waals surface area contributed by atoms with Gasteiger partial charge in [0.05, 0.1) is 16.7 Å². The third kappa shape index (κ3) is 6.31. The largest absolute Gasteiger partial charge is 0.378 e. The Morgan fingerprint density at radius 1 is 1.06 bits per heavy atom. The molecule has 31 heavy (non-hydrogen) atoms. The van der Waals surface area contributed by atoms with E-state index in [4.69, 9.17) is 4.74 Å². The number of rotatable bonds is 10. The summed E-state index contributed by atoms with van der Waals surface area (Å²) in [5.41, 5.74) is 2.26. The van der Waals surface area contributed by atoms with Crippen LogP contribution >= 0.6 is 0 Å². The zero-order valence-corrected chi connectivity index (χ0v) is 19.2. The van der Waals surface area contributed by atoms with Crippen LogP contribution in [0.2, 0.25) is 0 Å². The van der Waals surface area contributed by atoms with Gasteiger partial charge in [0.15, 0.2) is 0 Å². The van der Waals surface area contributed by atoms with Gasteiger partial charge in [0.1, 0.15) is 6.54 Å². The third-order valence-electron chi connectivity index (χ3n) is 5.58. The zero-order valence-electron chi connectivity index (χ0n) is 18.3. The van der Waals surface area contributed by atoms with Crippen LogP contribution < -0.4 is 9.62 Å². The minimum atomic E-state index is -3.89. The Morgan fingerprint density at radius 2 is 1.74 bits per heavy atom. The van der Waals surface area contributed by atoms with Crippen molar-refractivity contribution in [2.24, 2.45) is 0 Å². The Bertz CT molecular complexity index is 967. The molecule has 0 saturated heterocycles.